The number of nitrogens with zero attached hydrogens (tertiary/aromatic N) is 4. The number of benzene rings is 2. The first-order valence-electron chi connectivity index (χ1n) is 9.57. The van der Waals surface area contributed by atoms with E-state index in [2.05, 4.69) is 20.4 Å². The van der Waals surface area contributed by atoms with E-state index in [4.69, 9.17) is 17.3 Å². The van der Waals surface area contributed by atoms with Crippen LogP contribution in [0.3, 0.4) is 0 Å². The van der Waals surface area contributed by atoms with Gasteiger partial charge in [0.05, 0.1) is 11.4 Å². The fraction of sp³-hybridized carbons (Fsp3) is 0.182. The van der Waals surface area contributed by atoms with Gasteiger partial charge >= 0.3 is 0 Å². The van der Waals surface area contributed by atoms with Gasteiger partial charge in [-0.25, -0.2) is 14.6 Å². The monoisotopic (exact) mass is 436 g/mol. The minimum atomic E-state index is -1.34. The number of amides is 1. The molecule has 2 aromatic heterocycles. The van der Waals surface area contributed by atoms with Gasteiger partial charge in [0.25, 0.3) is 5.91 Å². The van der Waals surface area contributed by atoms with Crippen LogP contribution in [0, 0.1) is 20.8 Å². The van der Waals surface area contributed by atoms with Crippen LogP contribution >= 0.6 is 11.6 Å². The predicted molar refractivity (Wildman–Crippen MR) is 120 cm³/mol. The van der Waals surface area contributed by atoms with E-state index in [0.29, 0.717) is 33.1 Å². The molecule has 8 nitrogen and oxygen atoms in total. The summed E-state index contributed by atoms with van der Waals surface area (Å²) >= 11 is 6.04. The number of aromatic nitrogens is 4. The van der Waals surface area contributed by atoms with Crippen molar-refractivity contribution in [2.45, 2.75) is 26.9 Å². The van der Waals surface area contributed by atoms with Gasteiger partial charge < -0.3 is 16.2 Å². The molecule has 0 fully saturated rings. The molecule has 0 spiro atoms. The summed E-state index contributed by atoms with van der Waals surface area (Å²) in [6.45, 7) is 5.60. The number of nitrogens with one attached hydrogen (secondary N) is 1. The second-order valence-electron chi connectivity index (χ2n) is 7.41. The van der Waals surface area contributed by atoms with Crippen molar-refractivity contribution in [3.05, 3.63) is 70.1 Å². The van der Waals surface area contributed by atoms with Gasteiger partial charge in [0, 0.05) is 10.7 Å². The van der Waals surface area contributed by atoms with Crippen molar-refractivity contribution < 1.29 is 9.90 Å². The zero-order valence-electron chi connectivity index (χ0n) is 17.2. The average molecular weight is 437 g/mol. The van der Waals surface area contributed by atoms with Crippen LogP contribution in [0.2, 0.25) is 5.02 Å². The van der Waals surface area contributed by atoms with Gasteiger partial charge in [-0.05, 0) is 67.8 Å². The Bertz CT molecular complexity index is 1300. The van der Waals surface area contributed by atoms with E-state index in [-0.39, 0.29) is 0 Å². The van der Waals surface area contributed by atoms with E-state index in [1.165, 1.54) is 6.33 Å². The van der Waals surface area contributed by atoms with Crippen molar-refractivity contribution in [1.82, 2.24) is 19.7 Å². The maximum absolute atomic E-state index is 12.6. The normalized spacial score (nSPS) is 12.2. The van der Waals surface area contributed by atoms with Crippen molar-refractivity contribution in [2.75, 3.05) is 11.1 Å². The molecule has 0 aliphatic carbocycles. The lowest BCUT2D eigenvalue weighted by molar-refractivity contribution is -0.124. The van der Waals surface area contributed by atoms with Crippen LogP contribution in [0.5, 0.6) is 0 Å². The highest BCUT2D eigenvalue weighted by molar-refractivity contribution is 6.30. The highest BCUT2D eigenvalue weighted by Crippen LogP contribution is 2.27. The Morgan fingerprint density at radius 2 is 1.94 bits per heavy atom. The fourth-order valence-corrected chi connectivity index (χ4v) is 3.84. The minimum absolute atomic E-state index is 0.335. The minimum Gasteiger partial charge on any atom is -0.382 e. The molecule has 0 radical (unpaired) electrons. The van der Waals surface area contributed by atoms with E-state index < -0.39 is 12.0 Å². The van der Waals surface area contributed by atoms with Gasteiger partial charge in [-0.15, -0.1) is 0 Å². The molecule has 9 heteroatoms. The van der Waals surface area contributed by atoms with Crippen LogP contribution in [-0.4, -0.2) is 30.8 Å². The van der Waals surface area contributed by atoms with Crippen LogP contribution in [0.15, 0.2) is 42.7 Å². The van der Waals surface area contributed by atoms with Gasteiger partial charge in [0.15, 0.2) is 11.9 Å². The highest BCUT2D eigenvalue weighted by atomic mass is 35.5. The number of hydrogen-bond acceptors (Lipinski definition) is 6. The summed E-state index contributed by atoms with van der Waals surface area (Å²) in [5.41, 5.74) is 11.6. The third kappa shape index (κ3) is 3.95. The lowest BCUT2D eigenvalue weighted by Gasteiger charge is -2.14. The first kappa shape index (κ1) is 20.8. The molecule has 0 aliphatic heterocycles. The molecule has 1 atom stereocenters. The number of halogens is 1. The Kier molecular flexibility index (Phi) is 5.34. The molecule has 0 bridgehead atoms. The number of nitrogen functional groups attached to an aromatic ring is 1. The first-order valence-corrected chi connectivity index (χ1v) is 9.95. The summed E-state index contributed by atoms with van der Waals surface area (Å²) in [5.74, 6) is -0.214. The Hall–Kier alpha value is -3.49. The molecular formula is C22H21ClN6O2. The van der Waals surface area contributed by atoms with Gasteiger partial charge in [-0.3, -0.25) is 4.79 Å². The first-order chi connectivity index (χ1) is 14.7. The van der Waals surface area contributed by atoms with E-state index in [1.807, 2.05) is 26.8 Å². The van der Waals surface area contributed by atoms with Gasteiger partial charge in [-0.1, -0.05) is 17.7 Å². The van der Waals surface area contributed by atoms with Crippen molar-refractivity contribution in [1.29, 1.82) is 0 Å². The van der Waals surface area contributed by atoms with E-state index >= 15 is 0 Å². The molecule has 2 heterocycles. The number of nitrogens with two attached hydrogens (primary N) is 1. The van der Waals surface area contributed by atoms with Crippen LogP contribution in [-0.2, 0) is 4.79 Å². The van der Waals surface area contributed by atoms with Crippen molar-refractivity contribution in [3.8, 4) is 5.69 Å². The summed E-state index contributed by atoms with van der Waals surface area (Å²) in [4.78, 5) is 20.9. The number of aliphatic hydroxyl groups excluding tert-OH is 1. The van der Waals surface area contributed by atoms with E-state index in [1.54, 1.807) is 35.0 Å². The SMILES string of the molecule is Cc1cc(Cl)cc([C@@H](O)C(=O)Nc2ccc(-n3nc(C)c4ncnc(N)c43)c(C)c2)c1. The van der Waals surface area contributed by atoms with Crippen LogP contribution < -0.4 is 11.1 Å². The topological polar surface area (TPSA) is 119 Å². The number of aryl methyl sites for hydroxylation is 3. The quantitative estimate of drug-likeness (QED) is 0.449. The van der Waals surface area contributed by atoms with E-state index in [9.17, 15) is 9.90 Å². The molecule has 0 aliphatic rings. The summed E-state index contributed by atoms with van der Waals surface area (Å²) in [7, 11) is 0. The van der Waals surface area contributed by atoms with Crippen molar-refractivity contribution in [3.63, 3.8) is 0 Å². The Labute approximate surface area is 183 Å². The summed E-state index contributed by atoms with van der Waals surface area (Å²) < 4.78 is 1.70. The van der Waals surface area contributed by atoms with Crippen LogP contribution in [0.25, 0.3) is 16.7 Å². The van der Waals surface area contributed by atoms with Crippen LogP contribution in [0.4, 0.5) is 11.5 Å². The number of aliphatic hydroxyl groups is 1. The fourth-order valence-electron chi connectivity index (χ4n) is 3.54. The molecule has 2 aromatic carbocycles. The smallest absolute Gasteiger partial charge is 0.257 e. The number of anilines is 2. The second kappa shape index (κ2) is 7.98. The molecule has 158 valence electrons. The van der Waals surface area contributed by atoms with Gasteiger partial charge in [0.2, 0.25) is 0 Å². The molecule has 1 amide bonds. The second-order valence-corrected chi connectivity index (χ2v) is 7.84. The molecule has 0 unspecified atom stereocenters. The predicted octanol–water partition coefficient (Wildman–Crippen LogP) is 3.65. The molecule has 4 rings (SSSR count). The molecular weight excluding hydrogens is 416 g/mol. The lowest BCUT2D eigenvalue weighted by atomic mass is 10.1. The highest BCUT2D eigenvalue weighted by Gasteiger charge is 2.19. The zero-order valence-corrected chi connectivity index (χ0v) is 18.0. The maximum Gasteiger partial charge on any atom is 0.257 e. The van der Waals surface area contributed by atoms with Gasteiger partial charge in [0.1, 0.15) is 17.4 Å². The number of carbonyl (C=O) groups excluding carboxylic acids is 1. The Morgan fingerprint density at radius 1 is 1.16 bits per heavy atom. The number of hydrogen-bond donors (Lipinski definition) is 3. The van der Waals surface area contributed by atoms with Crippen LogP contribution in [0.1, 0.15) is 28.5 Å². The van der Waals surface area contributed by atoms with Crippen molar-refractivity contribution in [2.24, 2.45) is 0 Å². The summed E-state index contributed by atoms with van der Waals surface area (Å²) in [6, 6.07) is 10.4. The number of carbonyl (C=O) groups is 1. The third-order valence-electron chi connectivity index (χ3n) is 4.98. The number of fused-ring (bicyclic) bond motifs is 1. The Balaban J connectivity index is 1.62. The molecule has 4 aromatic rings. The summed E-state index contributed by atoms with van der Waals surface area (Å²) in [5, 5.41) is 18.2. The average Bonchev–Trinajstić information content (AvgIpc) is 3.04. The van der Waals surface area contributed by atoms with E-state index in [0.717, 1.165) is 22.5 Å². The molecule has 4 N–H and O–H groups in total. The lowest BCUT2D eigenvalue weighted by Crippen LogP contribution is -2.21. The standard InChI is InChI=1S/C22H21ClN6O2/c1-11-6-14(9-15(23)7-11)20(30)22(31)27-16-4-5-17(12(2)8-16)29-19-18(13(3)28-29)25-10-26-21(19)24/h4-10,20,30H,1-3H3,(H,27,31)(H2,24,25,26)/t20-/m1/s1. The maximum atomic E-state index is 12.6. The molecule has 0 saturated carbocycles. The largest absolute Gasteiger partial charge is 0.382 e. The summed E-state index contributed by atoms with van der Waals surface area (Å²) in [6.07, 6.45) is 0.0709. The number of rotatable bonds is 4. The zero-order chi connectivity index (χ0) is 22.3. The van der Waals surface area contributed by atoms with Crippen molar-refractivity contribution >= 4 is 40.0 Å². The van der Waals surface area contributed by atoms with Gasteiger partial charge in [-0.2, -0.15) is 5.10 Å². The molecule has 0 saturated heterocycles. The third-order valence-corrected chi connectivity index (χ3v) is 5.19. The molecule has 31 heavy (non-hydrogen) atoms. The Morgan fingerprint density at radius 3 is 2.65 bits per heavy atom.